The molecule has 0 aliphatic carbocycles. The van der Waals surface area contributed by atoms with E-state index in [1.54, 1.807) is 6.92 Å². The van der Waals surface area contributed by atoms with Crippen LogP contribution in [0.25, 0.3) is 0 Å². The Bertz CT molecular complexity index is 640. The minimum absolute atomic E-state index is 0.164. The number of likely N-dealkylation sites (N-methyl/N-ethyl adjacent to an activating group) is 1. The third-order valence-electron chi connectivity index (χ3n) is 5.65. The predicted octanol–water partition coefficient (Wildman–Crippen LogP) is -0.321. The first-order valence-electron chi connectivity index (χ1n) is 9.29. The fraction of sp³-hybridized carbons (Fsp3) is 0.765. The number of piperidine rings is 1. The maximum Gasteiger partial charge on any atom is 0.273 e. The number of rotatable bonds is 5. The van der Waals surface area contributed by atoms with Gasteiger partial charge in [0.15, 0.2) is 5.69 Å². The zero-order valence-electron chi connectivity index (χ0n) is 15.4. The van der Waals surface area contributed by atoms with E-state index in [1.807, 2.05) is 11.9 Å². The maximum absolute atomic E-state index is 12.5. The molecule has 2 aliphatic rings. The molecule has 2 atom stereocenters. The second-order valence-electron chi connectivity index (χ2n) is 7.33. The van der Waals surface area contributed by atoms with Crippen LogP contribution in [-0.2, 0) is 4.79 Å². The summed E-state index contributed by atoms with van der Waals surface area (Å²) in [6, 6.07) is 0.414. The Kier molecular flexibility index (Phi) is 5.87. The number of likely N-dealkylation sites (tertiary alicyclic amines) is 2. The molecule has 3 heterocycles. The van der Waals surface area contributed by atoms with Crippen LogP contribution in [0, 0.1) is 6.92 Å². The zero-order valence-corrected chi connectivity index (χ0v) is 15.4. The van der Waals surface area contributed by atoms with Crippen molar-refractivity contribution in [2.75, 3.05) is 26.7 Å². The molecule has 0 unspecified atom stereocenters. The molecule has 0 radical (unpaired) electrons. The van der Waals surface area contributed by atoms with Crippen molar-refractivity contribution in [3.8, 4) is 0 Å². The molecule has 3 rings (SSSR count). The number of aliphatic hydroxyl groups excluding tert-OH is 1. The molecule has 2 fully saturated rings. The maximum atomic E-state index is 12.5. The van der Waals surface area contributed by atoms with Crippen molar-refractivity contribution in [1.82, 2.24) is 30.5 Å². The lowest BCUT2D eigenvalue weighted by atomic mass is 10.1. The zero-order chi connectivity index (χ0) is 18.7. The molecule has 0 aromatic carbocycles. The van der Waals surface area contributed by atoms with Crippen LogP contribution in [0.4, 0.5) is 0 Å². The van der Waals surface area contributed by atoms with Crippen LogP contribution in [0.15, 0.2) is 0 Å². The SMILES string of the molecule is Cc1n[nH]nc1C(=O)NC[C@@H]1CC[C@H](CC(=O)N2CCC(O)CC2)N1C. The van der Waals surface area contributed by atoms with E-state index in [0.717, 1.165) is 12.8 Å². The van der Waals surface area contributed by atoms with Gasteiger partial charge in [0.05, 0.1) is 11.8 Å². The molecular formula is C17H28N6O3. The van der Waals surface area contributed by atoms with Crippen molar-refractivity contribution in [1.29, 1.82) is 0 Å². The first-order chi connectivity index (χ1) is 12.5. The summed E-state index contributed by atoms with van der Waals surface area (Å²) in [5.74, 6) is -0.0623. The Morgan fingerprint density at radius 1 is 1.19 bits per heavy atom. The highest BCUT2D eigenvalue weighted by Crippen LogP contribution is 2.25. The van der Waals surface area contributed by atoms with Crippen LogP contribution in [0.5, 0.6) is 0 Å². The van der Waals surface area contributed by atoms with E-state index < -0.39 is 0 Å². The number of H-pyrrole nitrogens is 1. The Hall–Kier alpha value is -2.00. The summed E-state index contributed by atoms with van der Waals surface area (Å²) in [5, 5.41) is 22.7. The average Bonchev–Trinajstić information content (AvgIpc) is 3.20. The van der Waals surface area contributed by atoms with Crippen LogP contribution in [-0.4, -0.2) is 87.0 Å². The molecule has 2 saturated heterocycles. The Balaban J connectivity index is 1.45. The molecule has 144 valence electrons. The lowest BCUT2D eigenvalue weighted by Crippen LogP contribution is -2.45. The van der Waals surface area contributed by atoms with E-state index in [2.05, 4.69) is 25.6 Å². The molecule has 0 bridgehead atoms. The summed E-state index contributed by atoms with van der Waals surface area (Å²) in [6.45, 7) is 3.56. The van der Waals surface area contributed by atoms with Gasteiger partial charge >= 0.3 is 0 Å². The van der Waals surface area contributed by atoms with Crippen molar-refractivity contribution in [3.63, 3.8) is 0 Å². The average molecular weight is 364 g/mol. The number of carbonyl (C=O) groups is 2. The largest absolute Gasteiger partial charge is 0.393 e. The minimum Gasteiger partial charge on any atom is -0.393 e. The molecule has 1 aromatic heterocycles. The normalized spacial score (nSPS) is 24.8. The number of nitrogens with zero attached hydrogens (tertiary/aromatic N) is 4. The van der Waals surface area contributed by atoms with Crippen LogP contribution in [0.1, 0.15) is 48.3 Å². The lowest BCUT2D eigenvalue weighted by Gasteiger charge is -2.32. The van der Waals surface area contributed by atoms with E-state index in [4.69, 9.17) is 0 Å². The van der Waals surface area contributed by atoms with E-state index in [0.29, 0.717) is 50.3 Å². The topological polar surface area (TPSA) is 114 Å². The summed E-state index contributed by atoms with van der Waals surface area (Å²) in [7, 11) is 2.02. The number of nitrogens with one attached hydrogen (secondary N) is 2. The van der Waals surface area contributed by atoms with Gasteiger partial charge in [-0.15, -0.1) is 0 Å². The van der Waals surface area contributed by atoms with Gasteiger partial charge < -0.3 is 15.3 Å². The molecule has 3 N–H and O–H groups in total. The Morgan fingerprint density at radius 3 is 2.54 bits per heavy atom. The van der Waals surface area contributed by atoms with Gasteiger partial charge in [0.2, 0.25) is 5.91 Å². The number of aryl methyl sites for hydroxylation is 1. The minimum atomic E-state index is -0.269. The standard InChI is InChI=1S/C17H28N6O3/c1-11-16(20-21-19-11)17(26)18-10-13-4-3-12(22(13)2)9-15(25)23-7-5-14(24)6-8-23/h12-14,24H,3-10H2,1-2H3,(H,18,26)(H,19,20,21)/t12-,13+/m1/s1. The Labute approximate surface area is 153 Å². The van der Waals surface area contributed by atoms with Gasteiger partial charge in [-0.05, 0) is 39.7 Å². The van der Waals surface area contributed by atoms with Gasteiger partial charge in [-0.3, -0.25) is 14.5 Å². The summed E-state index contributed by atoms with van der Waals surface area (Å²) in [5.41, 5.74) is 0.905. The number of hydrogen-bond donors (Lipinski definition) is 3. The van der Waals surface area contributed by atoms with Crippen molar-refractivity contribution in [2.45, 2.75) is 57.2 Å². The van der Waals surface area contributed by atoms with E-state index in [9.17, 15) is 14.7 Å². The number of aromatic amines is 1. The van der Waals surface area contributed by atoms with Gasteiger partial charge in [0, 0.05) is 38.1 Å². The van der Waals surface area contributed by atoms with Gasteiger partial charge in [-0.1, -0.05) is 0 Å². The van der Waals surface area contributed by atoms with Crippen LogP contribution in [0.3, 0.4) is 0 Å². The highest BCUT2D eigenvalue weighted by Gasteiger charge is 2.33. The smallest absolute Gasteiger partial charge is 0.273 e. The number of hydrogen-bond acceptors (Lipinski definition) is 6. The molecule has 0 spiro atoms. The first kappa shape index (κ1) is 18.8. The second-order valence-corrected chi connectivity index (χ2v) is 7.33. The van der Waals surface area contributed by atoms with Crippen molar-refractivity contribution >= 4 is 11.8 Å². The highest BCUT2D eigenvalue weighted by molar-refractivity contribution is 5.93. The summed E-state index contributed by atoms with van der Waals surface area (Å²) < 4.78 is 0. The fourth-order valence-electron chi connectivity index (χ4n) is 3.82. The Morgan fingerprint density at radius 2 is 1.88 bits per heavy atom. The molecule has 2 aliphatic heterocycles. The van der Waals surface area contributed by atoms with E-state index in [-0.39, 0.29) is 30.0 Å². The summed E-state index contributed by atoms with van der Waals surface area (Å²) >= 11 is 0. The number of amides is 2. The molecule has 26 heavy (non-hydrogen) atoms. The predicted molar refractivity (Wildman–Crippen MR) is 94.5 cm³/mol. The number of aliphatic hydroxyl groups is 1. The van der Waals surface area contributed by atoms with Gasteiger partial charge in [-0.2, -0.15) is 15.4 Å². The van der Waals surface area contributed by atoms with E-state index >= 15 is 0 Å². The molecular weight excluding hydrogens is 336 g/mol. The first-order valence-corrected chi connectivity index (χ1v) is 9.29. The van der Waals surface area contributed by atoms with Crippen molar-refractivity contribution in [2.24, 2.45) is 0 Å². The van der Waals surface area contributed by atoms with Gasteiger partial charge in [0.25, 0.3) is 5.91 Å². The lowest BCUT2D eigenvalue weighted by molar-refractivity contribution is -0.134. The summed E-state index contributed by atoms with van der Waals surface area (Å²) in [6.07, 6.45) is 3.46. The quantitative estimate of drug-likeness (QED) is 0.660. The molecule has 1 aromatic rings. The number of carbonyl (C=O) groups excluding carboxylic acids is 2. The van der Waals surface area contributed by atoms with Gasteiger partial charge in [-0.25, -0.2) is 0 Å². The van der Waals surface area contributed by atoms with E-state index in [1.165, 1.54) is 0 Å². The molecule has 9 heteroatoms. The summed E-state index contributed by atoms with van der Waals surface area (Å²) in [4.78, 5) is 28.7. The molecule has 9 nitrogen and oxygen atoms in total. The van der Waals surface area contributed by atoms with Gasteiger partial charge in [0.1, 0.15) is 0 Å². The van der Waals surface area contributed by atoms with Crippen molar-refractivity contribution < 1.29 is 14.7 Å². The van der Waals surface area contributed by atoms with Crippen LogP contribution in [0.2, 0.25) is 0 Å². The highest BCUT2D eigenvalue weighted by atomic mass is 16.3. The molecule has 2 amide bonds. The number of aromatic nitrogens is 3. The van der Waals surface area contributed by atoms with Crippen LogP contribution >= 0.6 is 0 Å². The monoisotopic (exact) mass is 364 g/mol. The third kappa shape index (κ3) is 4.21. The van der Waals surface area contributed by atoms with Crippen LogP contribution < -0.4 is 5.32 Å². The second kappa shape index (κ2) is 8.13. The molecule has 0 saturated carbocycles. The fourth-order valence-corrected chi connectivity index (χ4v) is 3.82. The third-order valence-corrected chi connectivity index (χ3v) is 5.65. The van der Waals surface area contributed by atoms with Crippen molar-refractivity contribution in [3.05, 3.63) is 11.4 Å².